The fraction of sp³-hybridized carbons (Fsp3) is 0.400. The molecule has 0 aliphatic carbocycles. The number of nitrogens with two attached hydrogens (primary N) is 1. The van der Waals surface area contributed by atoms with Gasteiger partial charge >= 0.3 is 0 Å². The van der Waals surface area contributed by atoms with Crippen molar-refractivity contribution in [1.82, 2.24) is 0 Å². The van der Waals surface area contributed by atoms with Gasteiger partial charge in [0.1, 0.15) is 0 Å². The third-order valence-corrected chi connectivity index (χ3v) is 0.591. The maximum atomic E-state index is 9.85. The van der Waals surface area contributed by atoms with Crippen LogP contribution in [0.25, 0.3) is 0 Å². The zero-order chi connectivity index (χ0) is 6.41. The number of carbonyl (C=O) groups excluding carboxylic acids is 1. The second-order valence-corrected chi connectivity index (χ2v) is 1.12. The first kappa shape index (κ1) is 7.01. The first-order chi connectivity index (χ1) is 3.85. The van der Waals surface area contributed by atoms with Gasteiger partial charge in [-0.1, -0.05) is 0 Å². The topological polar surface area (TPSA) is 52.3 Å². The van der Waals surface area contributed by atoms with Crippen LogP contribution in [0.4, 0.5) is 0 Å². The van der Waals surface area contributed by atoms with Gasteiger partial charge in [-0.3, -0.25) is 4.79 Å². The van der Waals surface area contributed by atoms with Gasteiger partial charge in [-0.15, -0.1) is 0 Å². The molecule has 0 rings (SSSR count). The minimum atomic E-state index is 0.188. The van der Waals surface area contributed by atoms with Crippen LogP contribution in [-0.2, 0) is 9.53 Å². The molecule has 3 nitrogen and oxygen atoms in total. The van der Waals surface area contributed by atoms with Gasteiger partial charge in [-0.2, -0.15) is 0 Å². The minimum Gasteiger partial charge on any atom is -0.489 e. The SMILES string of the molecule is CCO/C(C=O)=C\N. The van der Waals surface area contributed by atoms with Crippen molar-refractivity contribution in [2.24, 2.45) is 5.73 Å². The van der Waals surface area contributed by atoms with Gasteiger partial charge < -0.3 is 10.5 Å². The highest BCUT2D eigenvalue weighted by Crippen LogP contribution is 1.86. The van der Waals surface area contributed by atoms with E-state index < -0.39 is 0 Å². The van der Waals surface area contributed by atoms with E-state index in [2.05, 4.69) is 0 Å². The van der Waals surface area contributed by atoms with E-state index in [4.69, 9.17) is 10.5 Å². The monoisotopic (exact) mass is 115 g/mol. The summed E-state index contributed by atoms with van der Waals surface area (Å²) in [5.41, 5.74) is 4.95. The molecular formula is C5H9NO2. The highest BCUT2D eigenvalue weighted by Gasteiger charge is 1.87. The summed E-state index contributed by atoms with van der Waals surface area (Å²) in [5.74, 6) is 0.188. The van der Waals surface area contributed by atoms with Crippen molar-refractivity contribution in [2.45, 2.75) is 6.92 Å². The maximum absolute atomic E-state index is 9.85. The van der Waals surface area contributed by atoms with Crippen LogP contribution in [0, 0.1) is 0 Å². The zero-order valence-electron chi connectivity index (χ0n) is 4.76. The molecule has 0 saturated heterocycles. The smallest absolute Gasteiger partial charge is 0.186 e. The third kappa shape index (κ3) is 2.23. The summed E-state index contributed by atoms with van der Waals surface area (Å²) >= 11 is 0. The van der Waals surface area contributed by atoms with E-state index in [1.54, 1.807) is 6.92 Å². The number of hydrogen-bond acceptors (Lipinski definition) is 3. The van der Waals surface area contributed by atoms with Crippen LogP contribution >= 0.6 is 0 Å². The molecule has 0 aliphatic heterocycles. The van der Waals surface area contributed by atoms with Crippen molar-refractivity contribution in [2.75, 3.05) is 6.61 Å². The van der Waals surface area contributed by atoms with Gasteiger partial charge in [0.2, 0.25) is 0 Å². The summed E-state index contributed by atoms with van der Waals surface area (Å²) in [6, 6.07) is 0. The Morgan fingerprint density at radius 2 is 2.50 bits per heavy atom. The Morgan fingerprint density at radius 1 is 1.88 bits per heavy atom. The summed E-state index contributed by atoms with van der Waals surface area (Å²) in [7, 11) is 0. The average Bonchev–Trinajstić information content (AvgIpc) is 1.83. The van der Waals surface area contributed by atoms with Gasteiger partial charge in [-0.05, 0) is 6.92 Å². The van der Waals surface area contributed by atoms with Crippen LogP contribution in [0.15, 0.2) is 12.0 Å². The molecule has 46 valence electrons. The first-order valence-corrected chi connectivity index (χ1v) is 2.35. The molecular weight excluding hydrogens is 106 g/mol. The quantitative estimate of drug-likeness (QED) is 0.320. The molecule has 0 heterocycles. The van der Waals surface area contributed by atoms with E-state index in [0.29, 0.717) is 12.9 Å². The van der Waals surface area contributed by atoms with Crippen molar-refractivity contribution in [1.29, 1.82) is 0 Å². The molecule has 0 aromatic carbocycles. The minimum absolute atomic E-state index is 0.188. The molecule has 0 spiro atoms. The maximum Gasteiger partial charge on any atom is 0.186 e. The molecule has 8 heavy (non-hydrogen) atoms. The van der Waals surface area contributed by atoms with Crippen LogP contribution in [0.2, 0.25) is 0 Å². The second kappa shape index (κ2) is 4.18. The van der Waals surface area contributed by atoms with Gasteiger partial charge in [0.25, 0.3) is 0 Å². The van der Waals surface area contributed by atoms with E-state index >= 15 is 0 Å². The number of aldehydes is 1. The van der Waals surface area contributed by atoms with Crippen LogP contribution < -0.4 is 5.73 Å². The van der Waals surface area contributed by atoms with Crippen molar-refractivity contribution in [3.63, 3.8) is 0 Å². The number of allylic oxidation sites excluding steroid dienone is 1. The molecule has 0 aliphatic rings. The predicted molar refractivity (Wildman–Crippen MR) is 30.0 cm³/mol. The Kier molecular flexibility index (Phi) is 3.66. The lowest BCUT2D eigenvalue weighted by Crippen LogP contribution is -1.95. The van der Waals surface area contributed by atoms with Crippen molar-refractivity contribution >= 4 is 6.29 Å². The molecule has 0 saturated carbocycles. The highest BCUT2D eigenvalue weighted by molar-refractivity contribution is 5.69. The third-order valence-electron chi connectivity index (χ3n) is 0.591. The van der Waals surface area contributed by atoms with Crippen LogP contribution in [-0.4, -0.2) is 12.9 Å². The normalized spacial score (nSPS) is 10.9. The van der Waals surface area contributed by atoms with Gasteiger partial charge in [0.05, 0.1) is 6.61 Å². The van der Waals surface area contributed by atoms with Gasteiger partial charge in [0.15, 0.2) is 12.0 Å². The number of carbonyl (C=O) groups is 1. The summed E-state index contributed by atoms with van der Waals surface area (Å²) in [4.78, 5) is 9.85. The van der Waals surface area contributed by atoms with Crippen LogP contribution in [0.1, 0.15) is 6.92 Å². The Morgan fingerprint density at radius 3 is 2.62 bits per heavy atom. The van der Waals surface area contributed by atoms with Crippen LogP contribution in [0.3, 0.4) is 0 Å². The van der Waals surface area contributed by atoms with Crippen molar-refractivity contribution < 1.29 is 9.53 Å². The molecule has 0 radical (unpaired) electrons. The fourth-order valence-corrected chi connectivity index (χ4v) is 0.288. The Balaban J connectivity index is 3.54. The van der Waals surface area contributed by atoms with Crippen molar-refractivity contribution in [3.8, 4) is 0 Å². The number of rotatable bonds is 3. The Bertz CT molecular complexity index is 98.6. The summed E-state index contributed by atoms with van der Waals surface area (Å²) in [6.07, 6.45) is 1.71. The van der Waals surface area contributed by atoms with E-state index in [0.717, 1.165) is 6.20 Å². The Hall–Kier alpha value is -0.990. The zero-order valence-corrected chi connectivity index (χ0v) is 4.76. The molecule has 0 fully saturated rings. The highest BCUT2D eigenvalue weighted by atomic mass is 16.5. The van der Waals surface area contributed by atoms with E-state index in [1.165, 1.54) is 0 Å². The summed E-state index contributed by atoms with van der Waals surface area (Å²) in [6.45, 7) is 2.26. The second-order valence-electron chi connectivity index (χ2n) is 1.12. The predicted octanol–water partition coefficient (Wildman–Crippen LogP) is 0.0219. The molecule has 0 unspecified atom stereocenters. The number of hydrogen-bond donors (Lipinski definition) is 1. The lowest BCUT2D eigenvalue weighted by atomic mass is 10.6. The lowest BCUT2D eigenvalue weighted by Gasteiger charge is -1.96. The van der Waals surface area contributed by atoms with Gasteiger partial charge in [0, 0.05) is 6.20 Å². The summed E-state index contributed by atoms with van der Waals surface area (Å²) < 4.78 is 4.71. The average molecular weight is 115 g/mol. The molecule has 0 amide bonds. The lowest BCUT2D eigenvalue weighted by molar-refractivity contribution is -0.107. The molecule has 3 heteroatoms. The van der Waals surface area contributed by atoms with Crippen molar-refractivity contribution in [3.05, 3.63) is 12.0 Å². The van der Waals surface area contributed by atoms with Crippen LogP contribution in [0.5, 0.6) is 0 Å². The molecule has 0 bridgehead atoms. The van der Waals surface area contributed by atoms with E-state index in [1.807, 2.05) is 0 Å². The largest absolute Gasteiger partial charge is 0.489 e. The first-order valence-electron chi connectivity index (χ1n) is 2.35. The molecule has 0 aromatic rings. The van der Waals surface area contributed by atoms with E-state index in [-0.39, 0.29) is 5.76 Å². The van der Waals surface area contributed by atoms with E-state index in [9.17, 15) is 4.79 Å². The molecule has 0 aromatic heterocycles. The molecule has 0 atom stereocenters. The van der Waals surface area contributed by atoms with Gasteiger partial charge in [-0.25, -0.2) is 0 Å². The number of ether oxygens (including phenoxy) is 1. The fourth-order valence-electron chi connectivity index (χ4n) is 0.288. The Labute approximate surface area is 48.1 Å². The summed E-state index contributed by atoms with van der Waals surface area (Å²) in [5, 5.41) is 0. The standard InChI is InChI=1S/C5H9NO2/c1-2-8-5(3-6)4-7/h3-4H,2,6H2,1H3/b5-3-. The molecule has 2 N–H and O–H groups in total.